The molecule has 0 bridgehead atoms. The number of hydrogen-bond donors (Lipinski definition) is 2. The van der Waals surface area contributed by atoms with Crippen LogP contribution in [0.15, 0.2) is 48.5 Å². The van der Waals surface area contributed by atoms with Gasteiger partial charge >= 0.3 is 0 Å². The lowest BCUT2D eigenvalue weighted by molar-refractivity contribution is 0.256. The van der Waals surface area contributed by atoms with Gasteiger partial charge in [-0.15, -0.1) is 0 Å². The molecular formula is C17H19NO. The van der Waals surface area contributed by atoms with E-state index in [1.807, 2.05) is 0 Å². The van der Waals surface area contributed by atoms with Crippen LogP contribution in [0, 0.1) is 0 Å². The number of aliphatic hydroxyl groups excluding tert-OH is 1. The van der Waals surface area contributed by atoms with E-state index in [0.29, 0.717) is 0 Å². The minimum atomic E-state index is -0.250. The highest BCUT2D eigenvalue weighted by atomic mass is 16.3. The average Bonchev–Trinajstić information content (AvgIpc) is 2.63. The molecule has 0 aliphatic heterocycles. The number of benzene rings is 2. The summed E-state index contributed by atoms with van der Waals surface area (Å²) in [6.07, 6.45) is 2.09. The minimum Gasteiger partial charge on any atom is -0.395 e. The van der Waals surface area contributed by atoms with Crippen molar-refractivity contribution in [2.75, 3.05) is 6.61 Å². The molecule has 0 fully saturated rings. The molecule has 0 radical (unpaired) electrons. The van der Waals surface area contributed by atoms with Crippen molar-refractivity contribution in [1.82, 2.24) is 0 Å². The molecule has 0 amide bonds. The van der Waals surface area contributed by atoms with Crippen LogP contribution in [-0.2, 0) is 12.8 Å². The van der Waals surface area contributed by atoms with Crippen LogP contribution in [0.1, 0.15) is 28.2 Å². The zero-order valence-corrected chi connectivity index (χ0v) is 10.9. The van der Waals surface area contributed by atoms with E-state index < -0.39 is 0 Å². The normalized spacial score (nSPS) is 16.3. The smallest absolute Gasteiger partial charge is 0.0591 e. The predicted molar refractivity (Wildman–Crippen MR) is 77.2 cm³/mol. The fraction of sp³-hybridized carbons (Fsp3) is 0.294. The molecule has 0 saturated heterocycles. The van der Waals surface area contributed by atoms with E-state index in [-0.39, 0.29) is 18.6 Å². The minimum absolute atomic E-state index is 0.00728. The van der Waals surface area contributed by atoms with Crippen LogP contribution in [0.4, 0.5) is 0 Å². The van der Waals surface area contributed by atoms with Crippen LogP contribution in [0.2, 0.25) is 0 Å². The van der Waals surface area contributed by atoms with Crippen molar-refractivity contribution < 1.29 is 5.11 Å². The van der Waals surface area contributed by atoms with Crippen molar-refractivity contribution in [3.8, 4) is 0 Å². The van der Waals surface area contributed by atoms with Gasteiger partial charge in [-0.1, -0.05) is 48.5 Å². The molecule has 1 aliphatic carbocycles. The monoisotopic (exact) mass is 253 g/mol. The Bertz CT molecular complexity index is 531. The summed E-state index contributed by atoms with van der Waals surface area (Å²) in [6, 6.07) is 16.7. The Morgan fingerprint density at radius 2 is 1.42 bits per heavy atom. The zero-order valence-electron chi connectivity index (χ0n) is 10.9. The molecule has 3 N–H and O–H groups in total. The summed E-state index contributed by atoms with van der Waals surface area (Å²) in [5, 5.41) is 9.51. The van der Waals surface area contributed by atoms with Gasteiger partial charge in [0.15, 0.2) is 0 Å². The number of aliphatic hydroxyl groups is 1. The number of nitrogens with two attached hydrogens (primary N) is 1. The van der Waals surface area contributed by atoms with Gasteiger partial charge in [-0.05, 0) is 35.1 Å². The van der Waals surface area contributed by atoms with Crippen LogP contribution in [0.5, 0.6) is 0 Å². The second-order valence-electron chi connectivity index (χ2n) is 5.22. The van der Waals surface area contributed by atoms with Crippen LogP contribution in [0.3, 0.4) is 0 Å². The van der Waals surface area contributed by atoms with Gasteiger partial charge in [0, 0.05) is 12.0 Å². The first-order valence-electron chi connectivity index (χ1n) is 6.83. The third-order valence-corrected chi connectivity index (χ3v) is 4.08. The Kier molecular flexibility index (Phi) is 3.36. The van der Waals surface area contributed by atoms with E-state index in [4.69, 9.17) is 5.73 Å². The van der Waals surface area contributed by atoms with E-state index in [1.165, 1.54) is 22.3 Å². The van der Waals surface area contributed by atoms with Crippen LogP contribution in [0.25, 0.3) is 0 Å². The highest BCUT2D eigenvalue weighted by Crippen LogP contribution is 2.35. The Morgan fingerprint density at radius 3 is 1.89 bits per heavy atom. The molecule has 3 rings (SSSR count). The van der Waals surface area contributed by atoms with Crippen LogP contribution >= 0.6 is 0 Å². The van der Waals surface area contributed by atoms with E-state index in [2.05, 4.69) is 48.5 Å². The van der Waals surface area contributed by atoms with Crippen molar-refractivity contribution in [2.45, 2.75) is 24.8 Å². The molecular weight excluding hydrogens is 234 g/mol. The third-order valence-electron chi connectivity index (χ3n) is 4.08. The molecule has 1 atom stereocenters. The average molecular weight is 253 g/mol. The van der Waals surface area contributed by atoms with E-state index in [1.54, 1.807) is 0 Å². The molecule has 0 spiro atoms. The maximum Gasteiger partial charge on any atom is 0.0591 e. The van der Waals surface area contributed by atoms with Crippen molar-refractivity contribution in [3.05, 3.63) is 70.8 Å². The summed E-state index contributed by atoms with van der Waals surface area (Å²) in [6.45, 7) is 0.00728. The first-order valence-corrected chi connectivity index (χ1v) is 6.83. The largest absolute Gasteiger partial charge is 0.395 e. The number of fused-ring (bicyclic) bond motifs is 2. The quantitative estimate of drug-likeness (QED) is 0.862. The lowest BCUT2D eigenvalue weighted by Crippen LogP contribution is -2.33. The highest BCUT2D eigenvalue weighted by molar-refractivity contribution is 5.46. The highest BCUT2D eigenvalue weighted by Gasteiger charge is 2.27. The van der Waals surface area contributed by atoms with E-state index in [9.17, 15) is 5.11 Å². The van der Waals surface area contributed by atoms with Crippen LogP contribution in [-0.4, -0.2) is 17.8 Å². The first-order chi connectivity index (χ1) is 9.31. The Hall–Kier alpha value is -1.64. The maximum atomic E-state index is 9.51. The third kappa shape index (κ3) is 2.18. The summed E-state index contributed by atoms with van der Waals surface area (Å²) in [7, 11) is 0. The number of aryl methyl sites for hydroxylation is 2. The molecule has 2 heteroatoms. The Morgan fingerprint density at radius 1 is 0.947 bits per heavy atom. The number of rotatable bonds is 2. The summed E-state index contributed by atoms with van der Waals surface area (Å²) in [4.78, 5) is 0. The van der Waals surface area contributed by atoms with E-state index >= 15 is 0 Å². The molecule has 2 nitrogen and oxygen atoms in total. The fourth-order valence-electron chi connectivity index (χ4n) is 3.13. The van der Waals surface area contributed by atoms with Crippen molar-refractivity contribution in [3.63, 3.8) is 0 Å². The molecule has 98 valence electrons. The van der Waals surface area contributed by atoms with Gasteiger partial charge in [-0.25, -0.2) is 0 Å². The Labute approximate surface area is 113 Å². The molecule has 0 saturated carbocycles. The van der Waals surface area contributed by atoms with Crippen LogP contribution < -0.4 is 5.73 Å². The standard InChI is InChI=1S/C17H19NO/c18-16(11-19)17-14-7-3-1-5-12(14)9-10-13-6-2-4-8-15(13)17/h1-8,16-17,19H,9-11,18H2. The van der Waals surface area contributed by atoms with Gasteiger partial charge < -0.3 is 10.8 Å². The molecule has 19 heavy (non-hydrogen) atoms. The van der Waals surface area contributed by atoms with Gasteiger partial charge in [-0.3, -0.25) is 0 Å². The van der Waals surface area contributed by atoms with Crippen molar-refractivity contribution in [1.29, 1.82) is 0 Å². The molecule has 1 aliphatic rings. The topological polar surface area (TPSA) is 46.2 Å². The zero-order chi connectivity index (χ0) is 13.2. The number of hydrogen-bond acceptors (Lipinski definition) is 2. The van der Waals surface area contributed by atoms with Gasteiger partial charge in [0.1, 0.15) is 0 Å². The van der Waals surface area contributed by atoms with E-state index in [0.717, 1.165) is 12.8 Å². The maximum absolute atomic E-state index is 9.51. The first kappa shape index (κ1) is 12.4. The predicted octanol–water partition coefficient (Wildman–Crippen LogP) is 2.24. The molecule has 2 aromatic rings. The SMILES string of the molecule is NC(CO)C1c2ccccc2CCc2ccccc21. The summed E-state index contributed by atoms with van der Waals surface area (Å²) in [5.41, 5.74) is 11.4. The van der Waals surface area contributed by atoms with Crippen molar-refractivity contribution >= 4 is 0 Å². The lowest BCUT2D eigenvalue weighted by atomic mass is 9.83. The fourth-order valence-corrected chi connectivity index (χ4v) is 3.13. The van der Waals surface area contributed by atoms with Gasteiger partial charge in [-0.2, -0.15) is 0 Å². The van der Waals surface area contributed by atoms with Gasteiger partial charge in [0.25, 0.3) is 0 Å². The molecule has 0 heterocycles. The van der Waals surface area contributed by atoms with Gasteiger partial charge in [0.2, 0.25) is 0 Å². The molecule has 1 unspecified atom stereocenters. The lowest BCUT2D eigenvalue weighted by Gasteiger charge is -2.25. The molecule has 0 aromatic heterocycles. The second kappa shape index (κ2) is 5.16. The second-order valence-corrected chi connectivity index (χ2v) is 5.22. The Balaban J connectivity index is 2.19. The van der Waals surface area contributed by atoms with Crippen molar-refractivity contribution in [2.24, 2.45) is 5.73 Å². The summed E-state index contributed by atoms with van der Waals surface area (Å²) in [5.74, 6) is 0.0971. The summed E-state index contributed by atoms with van der Waals surface area (Å²) >= 11 is 0. The summed E-state index contributed by atoms with van der Waals surface area (Å²) < 4.78 is 0. The molecule has 2 aromatic carbocycles. The van der Waals surface area contributed by atoms with Gasteiger partial charge in [0.05, 0.1) is 6.61 Å².